The molecule has 0 unspecified atom stereocenters. The number of hydrogen-bond acceptors (Lipinski definition) is 8. The summed E-state index contributed by atoms with van der Waals surface area (Å²) in [7, 11) is 0. The van der Waals surface area contributed by atoms with E-state index in [4.69, 9.17) is 9.15 Å². The Bertz CT molecular complexity index is 1550. The molecule has 0 radical (unpaired) electrons. The SMILES string of the molecule is O=C1/C(=C/c2cccc(OCc3ccccc3)c2)S/C(=N\N=C\c2ccc([N+](=O)[O-])cc2)N1Cc1ccco1. The van der Waals surface area contributed by atoms with Gasteiger partial charge in [-0.25, -0.2) is 0 Å². The van der Waals surface area contributed by atoms with Gasteiger partial charge >= 0.3 is 0 Å². The number of hydrogen-bond donors (Lipinski definition) is 0. The molecule has 194 valence electrons. The number of nitrogens with zero attached hydrogens (tertiary/aromatic N) is 4. The average molecular weight is 539 g/mol. The number of nitro groups is 1. The van der Waals surface area contributed by atoms with Gasteiger partial charge in [-0.05, 0) is 70.9 Å². The lowest BCUT2D eigenvalue weighted by Crippen LogP contribution is -2.28. The van der Waals surface area contributed by atoms with Gasteiger partial charge in [0, 0.05) is 12.1 Å². The van der Waals surface area contributed by atoms with Crippen LogP contribution in [0.4, 0.5) is 5.69 Å². The second-order valence-corrected chi connectivity index (χ2v) is 9.41. The van der Waals surface area contributed by atoms with Crippen molar-refractivity contribution < 1.29 is 18.9 Å². The first-order chi connectivity index (χ1) is 19.0. The van der Waals surface area contributed by atoms with Crippen LogP contribution >= 0.6 is 11.8 Å². The number of rotatable bonds is 9. The fourth-order valence-corrected chi connectivity index (χ4v) is 4.63. The van der Waals surface area contributed by atoms with E-state index in [-0.39, 0.29) is 18.1 Å². The van der Waals surface area contributed by atoms with E-state index in [1.807, 2.05) is 54.6 Å². The fourth-order valence-electron chi connectivity index (χ4n) is 3.69. The molecular weight excluding hydrogens is 516 g/mol. The molecule has 10 heteroatoms. The third-order valence-corrected chi connectivity index (χ3v) is 6.64. The normalized spacial score (nSPS) is 15.5. The van der Waals surface area contributed by atoms with Gasteiger partial charge < -0.3 is 9.15 Å². The maximum Gasteiger partial charge on any atom is 0.269 e. The van der Waals surface area contributed by atoms with Gasteiger partial charge in [-0.3, -0.25) is 19.8 Å². The first-order valence-corrected chi connectivity index (χ1v) is 12.7. The Morgan fingerprint density at radius 3 is 2.54 bits per heavy atom. The van der Waals surface area contributed by atoms with E-state index in [2.05, 4.69) is 10.2 Å². The Labute approximate surface area is 228 Å². The van der Waals surface area contributed by atoms with Crippen molar-refractivity contribution in [2.75, 3.05) is 0 Å². The standard InChI is InChI=1S/C29H22N4O5S/c34-28-27(17-23-8-4-9-25(16-23)38-20-22-6-2-1-3-7-22)39-29(32(28)19-26-10-5-15-37-26)31-30-18-21-11-13-24(14-12-21)33(35)36/h1-18H,19-20H2/b27-17-,30-18+,31-29-. The number of non-ortho nitro benzene ring substituents is 1. The van der Waals surface area contributed by atoms with Crippen LogP contribution in [0.5, 0.6) is 5.75 Å². The predicted octanol–water partition coefficient (Wildman–Crippen LogP) is 6.27. The second-order valence-electron chi connectivity index (χ2n) is 8.40. The van der Waals surface area contributed by atoms with Crippen molar-refractivity contribution in [1.29, 1.82) is 0 Å². The van der Waals surface area contributed by atoms with Crippen LogP contribution in [-0.4, -0.2) is 27.1 Å². The van der Waals surface area contributed by atoms with Crippen LogP contribution in [0.25, 0.3) is 6.08 Å². The number of furan rings is 1. The van der Waals surface area contributed by atoms with E-state index >= 15 is 0 Å². The van der Waals surface area contributed by atoms with E-state index in [0.29, 0.717) is 33.8 Å². The monoisotopic (exact) mass is 538 g/mol. The smallest absolute Gasteiger partial charge is 0.269 e. The highest BCUT2D eigenvalue weighted by atomic mass is 32.2. The Balaban J connectivity index is 1.35. The Morgan fingerprint density at radius 1 is 0.974 bits per heavy atom. The molecule has 0 atom stereocenters. The number of thioether (sulfide) groups is 1. The summed E-state index contributed by atoms with van der Waals surface area (Å²) >= 11 is 1.20. The van der Waals surface area contributed by atoms with Gasteiger partial charge in [0.05, 0.1) is 28.9 Å². The molecule has 1 fully saturated rings. The van der Waals surface area contributed by atoms with Gasteiger partial charge in [-0.15, -0.1) is 5.10 Å². The van der Waals surface area contributed by atoms with E-state index < -0.39 is 4.92 Å². The Kier molecular flexibility index (Phi) is 7.94. The van der Waals surface area contributed by atoms with E-state index in [9.17, 15) is 14.9 Å². The molecule has 4 aromatic rings. The summed E-state index contributed by atoms with van der Waals surface area (Å²) in [6.07, 6.45) is 4.81. The molecule has 1 aliphatic rings. The van der Waals surface area contributed by atoms with Gasteiger partial charge in [0.25, 0.3) is 11.6 Å². The third kappa shape index (κ3) is 6.68. The lowest BCUT2D eigenvalue weighted by molar-refractivity contribution is -0.384. The molecule has 0 spiro atoms. The maximum atomic E-state index is 13.3. The highest BCUT2D eigenvalue weighted by Gasteiger charge is 2.34. The first-order valence-electron chi connectivity index (χ1n) is 11.9. The first kappa shape index (κ1) is 25.7. The van der Waals surface area contributed by atoms with Crippen LogP contribution in [0.3, 0.4) is 0 Å². The van der Waals surface area contributed by atoms with Gasteiger partial charge in [0.2, 0.25) is 0 Å². The van der Waals surface area contributed by atoms with Gasteiger partial charge in [-0.2, -0.15) is 5.10 Å². The molecule has 5 rings (SSSR count). The van der Waals surface area contributed by atoms with Crippen molar-refractivity contribution in [2.24, 2.45) is 10.2 Å². The lowest BCUT2D eigenvalue weighted by atomic mass is 10.2. The second kappa shape index (κ2) is 12.1. The van der Waals surface area contributed by atoms with Crippen molar-refractivity contribution in [3.63, 3.8) is 0 Å². The van der Waals surface area contributed by atoms with Crippen molar-refractivity contribution in [3.05, 3.63) is 135 Å². The van der Waals surface area contributed by atoms with Crippen LogP contribution in [-0.2, 0) is 17.9 Å². The molecule has 9 nitrogen and oxygen atoms in total. The van der Waals surface area contributed by atoms with Crippen molar-refractivity contribution in [2.45, 2.75) is 13.2 Å². The largest absolute Gasteiger partial charge is 0.489 e. The van der Waals surface area contributed by atoms with Crippen LogP contribution in [0, 0.1) is 10.1 Å². The maximum absolute atomic E-state index is 13.3. The molecule has 0 N–H and O–H groups in total. The summed E-state index contributed by atoms with van der Waals surface area (Å²) in [6, 6.07) is 26.9. The van der Waals surface area contributed by atoms with Crippen molar-refractivity contribution >= 4 is 40.8 Å². The summed E-state index contributed by atoms with van der Waals surface area (Å²) < 4.78 is 11.4. The Morgan fingerprint density at radius 2 is 1.79 bits per heavy atom. The molecule has 2 heterocycles. The number of carbonyl (C=O) groups is 1. The van der Waals surface area contributed by atoms with Crippen LogP contribution < -0.4 is 4.74 Å². The van der Waals surface area contributed by atoms with Gasteiger partial charge in [0.1, 0.15) is 18.1 Å². The summed E-state index contributed by atoms with van der Waals surface area (Å²) in [5.74, 6) is 1.07. The summed E-state index contributed by atoms with van der Waals surface area (Å²) in [4.78, 5) is 25.7. The zero-order valence-electron chi connectivity index (χ0n) is 20.5. The fraction of sp³-hybridized carbons (Fsp3) is 0.0690. The van der Waals surface area contributed by atoms with Crippen molar-refractivity contribution in [1.82, 2.24) is 4.90 Å². The van der Waals surface area contributed by atoms with Crippen LogP contribution in [0.2, 0.25) is 0 Å². The lowest BCUT2D eigenvalue weighted by Gasteiger charge is -2.12. The minimum Gasteiger partial charge on any atom is -0.489 e. The summed E-state index contributed by atoms with van der Waals surface area (Å²) in [5, 5.41) is 19.6. The zero-order chi connectivity index (χ0) is 27.0. The summed E-state index contributed by atoms with van der Waals surface area (Å²) in [5.41, 5.74) is 2.50. The highest BCUT2D eigenvalue weighted by molar-refractivity contribution is 8.18. The average Bonchev–Trinajstić information content (AvgIpc) is 3.57. The zero-order valence-corrected chi connectivity index (χ0v) is 21.4. The molecule has 3 aromatic carbocycles. The third-order valence-electron chi connectivity index (χ3n) is 5.64. The molecule has 1 saturated heterocycles. The van der Waals surface area contributed by atoms with E-state index in [1.54, 1.807) is 36.6 Å². The molecule has 1 amide bonds. The molecule has 1 aromatic heterocycles. The Hall–Kier alpha value is -4.96. The number of benzene rings is 3. The number of nitro benzene ring substituents is 1. The number of carbonyl (C=O) groups excluding carboxylic acids is 1. The minimum absolute atomic E-state index is 0.00986. The molecule has 1 aliphatic heterocycles. The molecule has 0 aliphatic carbocycles. The highest BCUT2D eigenvalue weighted by Crippen LogP contribution is 2.34. The number of amidine groups is 1. The minimum atomic E-state index is -0.465. The number of ether oxygens (including phenoxy) is 1. The molecule has 0 saturated carbocycles. The predicted molar refractivity (Wildman–Crippen MR) is 150 cm³/mol. The quantitative estimate of drug-likeness (QED) is 0.107. The van der Waals surface area contributed by atoms with Gasteiger partial charge in [0.15, 0.2) is 5.17 Å². The topological polar surface area (TPSA) is 111 Å². The van der Waals surface area contributed by atoms with E-state index in [1.165, 1.54) is 35.0 Å². The van der Waals surface area contributed by atoms with E-state index in [0.717, 1.165) is 11.1 Å². The van der Waals surface area contributed by atoms with Crippen LogP contribution in [0.1, 0.15) is 22.5 Å². The van der Waals surface area contributed by atoms with Crippen molar-refractivity contribution in [3.8, 4) is 5.75 Å². The van der Waals surface area contributed by atoms with Gasteiger partial charge in [-0.1, -0.05) is 42.5 Å². The number of amides is 1. The molecular formula is C29H22N4O5S. The summed E-state index contributed by atoms with van der Waals surface area (Å²) in [6.45, 7) is 0.636. The molecule has 39 heavy (non-hydrogen) atoms. The molecule has 0 bridgehead atoms. The van der Waals surface area contributed by atoms with Crippen LogP contribution in [0.15, 0.2) is 117 Å².